The molecule has 2 aromatic rings. The summed E-state index contributed by atoms with van der Waals surface area (Å²) in [6.45, 7) is 3.72. The summed E-state index contributed by atoms with van der Waals surface area (Å²) in [6, 6.07) is 13.5. The quantitative estimate of drug-likeness (QED) is 0.753. The van der Waals surface area contributed by atoms with E-state index in [1.165, 1.54) is 0 Å². The molecule has 0 bridgehead atoms. The third kappa shape index (κ3) is 3.51. The molecule has 3 N–H and O–H groups in total. The maximum Gasteiger partial charge on any atom is 0.257 e. The van der Waals surface area contributed by atoms with Crippen LogP contribution in [0, 0.1) is 11.3 Å². The Balaban J connectivity index is 1.90. The van der Waals surface area contributed by atoms with Gasteiger partial charge in [0.25, 0.3) is 5.91 Å². The minimum absolute atomic E-state index is 0.138. The molecule has 1 atom stereocenters. The van der Waals surface area contributed by atoms with Gasteiger partial charge in [-0.1, -0.05) is 12.1 Å². The molecule has 0 saturated carbocycles. The van der Waals surface area contributed by atoms with Gasteiger partial charge in [-0.25, -0.2) is 0 Å². The van der Waals surface area contributed by atoms with Gasteiger partial charge in [0.15, 0.2) is 0 Å². The highest BCUT2D eigenvalue weighted by Crippen LogP contribution is 2.30. The summed E-state index contributed by atoms with van der Waals surface area (Å²) in [7, 11) is 0. The van der Waals surface area contributed by atoms with Gasteiger partial charge < -0.3 is 16.0 Å². The first kappa shape index (κ1) is 16.3. The molecule has 0 spiro atoms. The van der Waals surface area contributed by atoms with E-state index in [1.54, 1.807) is 48.5 Å². The molecule has 25 heavy (non-hydrogen) atoms. The summed E-state index contributed by atoms with van der Waals surface area (Å²) >= 11 is 0. The number of carbonyl (C=O) groups is 2. The molecule has 6 heteroatoms. The fourth-order valence-electron chi connectivity index (χ4n) is 2.61. The predicted octanol–water partition coefficient (Wildman–Crippen LogP) is 3.12. The highest BCUT2D eigenvalue weighted by molar-refractivity contribution is 6.11. The Labute approximate surface area is 145 Å². The Hall–Kier alpha value is -3.59. The van der Waals surface area contributed by atoms with E-state index in [2.05, 4.69) is 22.5 Å². The molecule has 1 heterocycles. The Morgan fingerprint density at radius 1 is 1.28 bits per heavy atom. The van der Waals surface area contributed by atoms with E-state index in [0.717, 1.165) is 0 Å². The number of amides is 2. The van der Waals surface area contributed by atoms with E-state index in [4.69, 9.17) is 5.26 Å². The van der Waals surface area contributed by atoms with E-state index in [1.807, 2.05) is 6.07 Å². The first-order chi connectivity index (χ1) is 12.1. The van der Waals surface area contributed by atoms with Gasteiger partial charge in [-0.2, -0.15) is 5.26 Å². The number of nitrogens with zero attached hydrogens (tertiary/aromatic N) is 1. The Morgan fingerprint density at radius 3 is 2.72 bits per heavy atom. The van der Waals surface area contributed by atoms with Gasteiger partial charge in [0, 0.05) is 5.69 Å². The number of carbonyl (C=O) groups excluding carboxylic acids is 2. The van der Waals surface area contributed by atoms with Crippen LogP contribution in [0.25, 0.3) is 0 Å². The molecular formula is C19H16N4O2. The van der Waals surface area contributed by atoms with Gasteiger partial charge in [-0.3, -0.25) is 9.59 Å². The van der Waals surface area contributed by atoms with Gasteiger partial charge >= 0.3 is 0 Å². The van der Waals surface area contributed by atoms with Crippen molar-refractivity contribution in [3.05, 3.63) is 66.2 Å². The maximum absolute atomic E-state index is 12.7. The van der Waals surface area contributed by atoms with Crippen molar-refractivity contribution in [3.8, 4) is 6.07 Å². The lowest BCUT2D eigenvalue weighted by Crippen LogP contribution is -2.21. The Morgan fingerprint density at radius 2 is 2.04 bits per heavy atom. The minimum Gasteiger partial charge on any atom is -0.376 e. The van der Waals surface area contributed by atoms with Crippen LogP contribution in [0.3, 0.4) is 0 Å². The largest absolute Gasteiger partial charge is 0.376 e. The molecule has 2 amide bonds. The topological polar surface area (TPSA) is 94.0 Å². The molecule has 124 valence electrons. The SMILES string of the molecule is C=C[C@@H]1CC(=O)Nc2cccc(C(=O)Nc3ccc(C#N)cc3)c2N1. The molecule has 0 unspecified atom stereocenters. The van der Waals surface area contributed by atoms with Gasteiger partial charge in [0.1, 0.15) is 0 Å². The van der Waals surface area contributed by atoms with E-state index >= 15 is 0 Å². The highest BCUT2D eigenvalue weighted by Gasteiger charge is 2.23. The third-order valence-electron chi connectivity index (χ3n) is 3.87. The molecule has 0 fully saturated rings. The third-order valence-corrected chi connectivity index (χ3v) is 3.87. The predicted molar refractivity (Wildman–Crippen MR) is 96.4 cm³/mol. The molecule has 2 aromatic carbocycles. The smallest absolute Gasteiger partial charge is 0.257 e. The molecule has 1 aliphatic heterocycles. The molecule has 0 aromatic heterocycles. The van der Waals surface area contributed by atoms with Crippen LogP contribution >= 0.6 is 0 Å². The monoisotopic (exact) mass is 332 g/mol. The molecule has 0 radical (unpaired) electrons. The fraction of sp³-hybridized carbons (Fsp3) is 0.105. The van der Waals surface area contributed by atoms with Gasteiger partial charge in [0.05, 0.1) is 41.0 Å². The average Bonchev–Trinajstić information content (AvgIpc) is 2.79. The number of fused-ring (bicyclic) bond motifs is 1. The average molecular weight is 332 g/mol. The van der Waals surface area contributed by atoms with Crippen LogP contribution in [-0.4, -0.2) is 17.9 Å². The standard InChI is InChI=1S/C19H16N4O2/c1-2-13-10-17(24)23-16-5-3-4-15(18(16)21-13)19(25)22-14-8-6-12(11-20)7-9-14/h2-9,13,21H,1,10H2,(H,22,25)(H,23,24)/t13-/m1/s1. The zero-order valence-electron chi connectivity index (χ0n) is 13.4. The normalized spacial score (nSPS) is 15.6. The first-order valence-electron chi connectivity index (χ1n) is 7.74. The fourth-order valence-corrected chi connectivity index (χ4v) is 2.61. The first-order valence-corrected chi connectivity index (χ1v) is 7.74. The molecule has 6 nitrogen and oxygen atoms in total. The number of nitriles is 1. The van der Waals surface area contributed by atoms with Crippen LogP contribution in [0.2, 0.25) is 0 Å². The lowest BCUT2D eigenvalue weighted by atomic mass is 10.1. The Bertz CT molecular complexity index is 881. The van der Waals surface area contributed by atoms with Crippen molar-refractivity contribution < 1.29 is 9.59 Å². The summed E-state index contributed by atoms with van der Waals surface area (Å²) in [5.74, 6) is -0.450. The van der Waals surface area contributed by atoms with Crippen molar-refractivity contribution in [1.29, 1.82) is 5.26 Å². The van der Waals surface area contributed by atoms with Crippen molar-refractivity contribution in [3.63, 3.8) is 0 Å². The number of benzene rings is 2. The van der Waals surface area contributed by atoms with Crippen LogP contribution in [0.4, 0.5) is 17.1 Å². The zero-order valence-corrected chi connectivity index (χ0v) is 13.4. The maximum atomic E-state index is 12.7. The van der Waals surface area contributed by atoms with Gasteiger partial charge in [-0.15, -0.1) is 6.58 Å². The molecule has 0 aliphatic carbocycles. The van der Waals surface area contributed by atoms with E-state index < -0.39 is 0 Å². The Kier molecular flexibility index (Phi) is 4.48. The summed E-state index contributed by atoms with van der Waals surface area (Å²) in [6.07, 6.45) is 1.89. The van der Waals surface area contributed by atoms with Gasteiger partial charge in [-0.05, 0) is 36.4 Å². The number of para-hydroxylation sites is 1. The number of hydrogen-bond donors (Lipinski definition) is 3. The lowest BCUT2D eigenvalue weighted by Gasteiger charge is -2.16. The summed E-state index contributed by atoms with van der Waals surface area (Å²) in [4.78, 5) is 24.6. The number of hydrogen-bond acceptors (Lipinski definition) is 4. The van der Waals surface area contributed by atoms with Gasteiger partial charge in [0.2, 0.25) is 5.91 Å². The number of nitrogens with one attached hydrogen (secondary N) is 3. The van der Waals surface area contributed by atoms with E-state index in [9.17, 15) is 9.59 Å². The van der Waals surface area contributed by atoms with Crippen LogP contribution < -0.4 is 16.0 Å². The second-order valence-corrected chi connectivity index (χ2v) is 5.61. The van der Waals surface area contributed by atoms with Crippen molar-refractivity contribution in [2.75, 3.05) is 16.0 Å². The van der Waals surface area contributed by atoms with Crippen LogP contribution in [0.5, 0.6) is 0 Å². The molecule has 1 aliphatic rings. The van der Waals surface area contributed by atoms with Crippen LogP contribution in [-0.2, 0) is 4.79 Å². The number of anilines is 3. The van der Waals surface area contributed by atoms with E-state index in [-0.39, 0.29) is 24.3 Å². The second-order valence-electron chi connectivity index (χ2n) is 5.61. The summed E-state index contributed by atoms with van der Waals surface area (Å²) in [5.41, 5.74) is 2.63. The van der Waals surface area contributed by atoms with Crippen molar-refractivity contribution >= 4 is 28.9 Å². The zero-order chi connectivity index (χ0) is 17.8. The van der Waals surface area contributed by atoms with E-state index in [0.29, 0.717) is 28.2 Å². The second kappa shape index (κ2) is 6.89. The highest BCUT2D eigenvalue weighted by atomic mass is 16.2. The van der Waals surface area contributed by atoms with Crippen LogP contribution in [0.1, 0.15) is 22.3 Å². The van der Waals surface area contributed by atoms with Crippen molar-refractivity contribution in [1.82, 2.24) is 0 Å². The number of rotatable bonds is 3. The molecule has 3 rings (SSSR count). The van der Waals surface area contributed by atoms with Crippen molar-refractivity contribution in [2.24, 2.45) is 0 Å². The molecule has 0 saturated heterocycles. The summed E-state index contributed by atoms with van der Waals surface area (Å²) < 4.78 is 0. The van der Waals surface area contributed by atoms with Crippen LogP contribution in [0.15, 0.2) is 55.1 Å². The summed E-state index contributed by atoms with van der Waals surface area (Å²) in [5, 5.41) is 17.6. The minimum atomic E-state index is -0.312. The lowest BCUT2D eigenvalue weighted by molar-refractivity contribution is -0.116. The van der Waals surface area contributed by atoms with Crippen molar-refractivity contribution in [2.45, 2.75) is 12.5 Å². The molecular weight excluding hydrogens is 316 g/mol.